The summed E-state index contributed by atoms with van der Waals surface area (Å²) in [6, 6.07) is 7.17. The van der Waals surface area contributed by atoms with Gasteiger partial charge >= 0.3 is 12.1 Å². The Hall–Kier alpha value is -3.36. The van der Waals surface area contributed by atoms with E-state index in [4.69, 9.17) is 9.47 Å². The van der Waals surface area contributed by atoms with Crippen molar-refractivity contribution in [2.45, 2.75) is 51.3 Å². The molecule has 3 N–H and O–H groups in total. The normalized spacial score (nSPS) is 12.6. The average Bonchev–Trinajstić information content (AvgIpc) is 2.70. The molecule has 0 unspecified atom stereocenters. The largest absolute Gasteiger partial charge is 0.467 e. The molecule has 1 rings (SSSR count). The highest BCUT2D eigenvalue weighted by Crippen LogP contribution is 2.07. The predicted octanol–water partition coefficient (Wildman–Crippen LogP) is 1.47. The first kappa shape index (κ1) is 25.7. The van der Waals surface area contributed by atoms with Gasteiger partial charge in [-0.05, 0) is 32.8 Å². The highest BCUT2D eigenvalue weighted by molar-refractivity contribution is 5.92. The quantitative estimate of drug-likeness (QED) is 0.379. The van der Waals surface area contributed by atoms with Gasteiger partial charge < -0.3 is 25.4 Å². The molecule has 0 fully saturated rings. The number of amides is 3. The Morgan fingerprint density at radius 3 is 2.26 bits per heavy atom. The van der Waals surface area contributed by atoms with Crippen LogP contribution < -0.4 is 16.0 Å². The monoisotopic (exact) mass is 433 g/mol. The van der Waals surface area contributed by atoms with E-state index < -0.39 is 41.6 Å². The maximum atomic E-state index is 12.8. The molecule has 0 radical (unpaired) electrons. The zero-order chi connectivity index (χ0) is 23.4. The highest BCUT2D eigenvalue weighted by Gasteiger charge is 2.27. The smallest absolute Gasteiger partial charge is 0.408 e. The first-order chi connectivity index (χ1) is 14.6. The number of hydrogen-bond donors (Lipinski definition) is 3. The van der Waals surface area contributed by atoms with Crippen molar-refractivity contribution < 1.29 is 28.7 Å². The summed E-state index contributed by atoms with van der Waals surface area (Å²) in [5.74, 6) is -1.77. The third kappa shape index (κ3) is 10.3. The summed E-state index contributed by atoms with van der Waals surface area (Å²) in [5.41, 5.74) is 0.103. The minimum atomic E-state index is -0.979. The highest BCUT2D eigenvalue weighted by atomic mass is 16.6. The van der Waals surface area contributed by atoms with Crippen LogP contribution in [-0.2, 0) is 30.3 Å². The number of carbonyl (C=O) groups excluding carboxylic acids is 4. The lowest BCUT2D eigenvalue weighted by atomic mass is 10.0. The van der Waals surface area contributed by atoms with Crippen LogP contribution in [0.5, 0.6) is 0 Å². The Kier molecular flexibility index (Phi) is 10.2. The number of nitrogens with one attached hydrogen (secondary N) is 3. The number of methoxy groups -OCH3 is 1. The van der Waals surface area contributed by atoms with E-state index in [1.807, 2.05) is 30.3 Å². The SMILES string of the molecule is C=CC[C@@H](NC(=O)[C@H](Cc1ccccc1)NC(=O)CNC(=O)OC(C)(C)C)C(=O)OC. The van der Waals surface area contributed by atoms with Gasteiger partial charge in [0.15, 0.2) is 0 Å². The van der Waals surface area contributed by atoms with E-state index in [-0.39, 0.29) is 19.4 Å². The first-order valence-corrected chi connectivity index (χ1v) is 9.85. The summed E-state index contributed by atoms with van der Waals surface area (Å²) >= 11 is 0. The molecule has 0 saturated carbocycles. The third-order valence-electron chi connectivity index (χ3n) is 3.93. The van der Waals surface area contributed by atoms with Crippen LogP contribution in [0, 0.1) is 0 Å². The van der Waals surface area contributed by atoms with Crippen molar-refractivity contribution in [3.05, 3.63) is 48.6 Å². The van der Waals surface area contributed by atoms with Gasteiger partial charge in [-0.3, -0.25) is 9.59 Å². The molecule has 0 aliphatic carbocycles. The molecule has 31 heavy (non-hydrogen) atoms. The Bertz CT molecular complexity index is 773. The van der Waals surface area contributed by atoms with E-state index in [1.165, 1.54) is 13.2 Å². The summed E-state index contributed by atoms with van der Waals surface area (Å²) in [7, 11) is 1.22. The average molecular weight is 434 g/mol. The molecule has 0 saturated heterocycles. The standard InChI is InChI=1S/C22H31N3O6/c1-6-10-16(20(28)30-5)25-19(27)17(13-15-11-8-7-9-12-15)24-18(26)14-23-21(29)31-22(2,3)4/h6-9,11-12,16-17H,1,10,13-14H2,2-5H3,(H,23,29)(H,24,26)(H,25,27)/t16-,17+/m1/s1. The molecule has 2 atom stereocenters. The van der Waals surface area contributed by atoms with Crippen molar-refractivity contribution in [3.63, 3.8) is 0 Å². The van der Waals surface area contributed by atoms with Crippen LogP contribution >= 0.6 is 0 Å². The number of alkyl carbamates (subject to hydrolysis) is 1. The minimum absolute atomic E-state index is 0.171. The van der Waals surface area contributed by atoms with Crippen molar-refractivity contribution in [1.82, 2.24) is 16.0 Å². The van der Waals surface area contributed by atoms with Crippen molar-refractivity contribution in [1.29, 1.82) is 0 Å². The van der Waals surface area contributed by atoms with Gasteiger partial charge in [0, 0.05) is 6.42 Å². The maximum Gasteiger partial charge on any atom is 0.408 e. The topological polar surface area (TPSA) is 123 Å². The summed E-state index contributed by atoms with van der Waals surface area (Å²) in [6.45, 7) is 8.30. The summed E-state index contributed by atoms with van der Waals surface area (Å²) in [6.07, 6.45) is 1.10. The van der Waals surface area contributed by atoms with E-state index in [0.29, 0.717) is 0 Å². The fraction of sp³-hybridized carbons (Fsp3) is 0.455. The van der Waals surface area contributed by atoms with Crippen LogP contribution in [0.3, 0.4) is 0 Å². The van der Waals surface area contributed by atoms with Crippen LogP contribution in [0.25, 0.3) is 0 Å². The molecule has 0 aliphatic heterocycles. The molecule has 0 spiro atoms. The van der Waals surface area contributed by atoms with E-state index in [1.54, 1.807) is 20.8 Å². The van der Waals surface area contributed by atoms with Crippen LogP contribution in [0.15, 0.2) is 43.0 Å². The van der Waals surface area contributed by atoms with Gasteiger partial charge in [-0.15, -0.1) is 6.58 Å². The fourth-order valence-electron chi connectivity index (χ4n) is 2.57. The number of esters is 1. The van der Waals surface area contributed by atoms with Gasteiger partial charge in [0.25, 0.3) is 0 Å². The van der Waals surface area contributed by atoms with Crippen molar-refractivity contribution in [2.24, 2.45) is 0 Å². The van der Waals surface area contributed by atoms with Crippen LogP contribution in [0.2, 0.25) is 0 Å². The van der Waals surface area contributed by atoms with Crippen LogP contribution in [-0.4, -0.2) is 55.2 Å². The second-order valence-electron chi connectivity index (χ2n) is 7.77. The van der Waals surface area contributed by atoms with Gasteiger partial charge in [-0.2, -0.15) is 0 Å². The molecule has 9 heteroatoms. The lowest BCUT2D eigenvalue weighted by molar-refractivity contribution is -0.145. The zero-order valence-corrected chi connectivity index (χ0v) is 18.4. The molecule has 0 bridgehead atoms. The molecule has 0 heterocycles. The van der Waals surface area contributed by atoms with Crippen LogP contribution in [0.1, 0.15) is 32.8 Å². The predicted molar refractivity (Wildman–Crippen MR) is 115 cm³/mol. The molecule has 0 aliphatic rings. The molecule has 170 valence electrons. The van der Waals surface area contributed by atoms with Gasteiger partial charge in [-0.25, -0.2) is 9.59 Å². The van der Waals surface area contributed by atoms with Crippen molar-refractivity contribution in [3.8, 4) is 0 Å². The molecule has 1 aromatic rings. The lowest BCUT2D eigenvalue weighted by Crippen LogP contribution is -2.54. The Balaban J connectivity index is 2.84. The number of carbonyl (C=O) groups is 4. The van der Waals surface area contributed by atoms with Gasteiger partial charge in [0.05, 0.1) is 7.11 Å². The molecular weight excluding hydrogens is 402 g/mol. The van der Waals surface area contributed by atoms with Gasteiger partial charge in [0.2, 0.25) is 11.8 Å². The van der Waals surface area contributed by atoms with Gasteiger partial charge in [-0.1, -0.05) is 36.4 Å². The minimum Gasteiger partial charge on any atom is -0.467 e. The third-order valence-corrected chi connectivity index (χ3v) is 3.93. The Morgan fingerprint density at radius 2 is 1.71 bits per heavy atom. The van der Waals surface area contributed by atoms with E-state index in [2.05, 4.69) is 22.5 Å². The second-order valence-corrected chi connectivity index (χ2v) is 7.77. The fourth-order valence-corrected chi connectivity index (χ4v) is 2.57. The van der Waals surface area contributed by atoms with Crippen molar-refractivity contribution >= 4 is 23.9 Å². The van der Waals surface area contributed by atoms with E-state index >= 15 is 0 Å². The molecule has 1 aromatic carbocycles. The maximum absolute atomic E-state index is 12.8. The molecular formula is C22H31N3O6. The number of hydrogen-bond acceptors (Lipinski definition) is 6. The molecule has 9 nitrogen and oxygen atoms in total. The first-order valence-electron chi connectivity index (χ1n) is 9.85. The zero-order valence-electron chi connectivity index (χ0n) is 18.4. The number of benzene rings is 1. The van der Waals surface area contributed by atoms with Gasteiger partial charge in [0.1, 0.15) is 24.2 Å². The Morgan fingerprint density at radius 1 is 1.06 bits per heavy atom. The summed E-state index contributed by atoms with van der Waals surface area (Å²) in [5, 5.41) is 7.51. The molecule has 0 aromatic heterocycles. The second kappa shape index (κ2) is 12.4. The Labute approximate surface area is 182 Å². The van der Waals surface area contributed by atoms with E-state index in [9.17, 15) is 19.2 Å². The molecule has 3 amide bonds. The van der Waals surface area contributed by atoms with Crippen LogP contribution in [0.4, 0.5) is 4.79 Å². The number of ether oxygens (including phenoxy) is 2. The summed E-state index contributed by atoms with van der Waals surface area (Å²) < 4.78 is 9.78. The summed E-state index contributed by atoms with van der Waals surface area (Å²) in [4.78, 5) is 48.8. The van der Waals surface area contributed by atoms with E-state index in [0.717, 1.165) is 5.56 Å². The number of rotatable bonds is 10. The lowest BCUT2D eigenvalue weighted by Gasteiger charge is -2.22. The van der Waals surface area contributed by atoms with Crippen molar-refractivity contribution in [2.75, 3.05) is 13.7 Å².